The lowest BCUT2D eigenvalue weighted by molar-refractivity contribution is 0.00991. The maximum absolute atomic E-state index is 5.97. The van der Waals surface area contributed by atoms with Crippen LogP contribution in [0.4, 0.5) is 0 Å². The van der Waals surface area contributed by atoms with Crippen molar-refractivity contribution >= 4 is 41.7 Å². The number of piperidine rings is 1. The molecule has 1 aromatic rings. The van der Waals surface area contributed by atoms with Crippen molar-refractivity contribution in [1.29, 1.82) is 0 Å². The fraction of sp³-hybridized carbons (Fsp3) is 0.682. The summed E-state index contributed by atoms with van der Waals surface area (Å²) in [7, 11) is 1.74. The molecule has 5 nitrogen and oxygen atoms in total. The highest BCUT2D eigenvalue weighted by atomic mass is 127. The number of halogens is 1. The number of rotatable bonds is 11. The smallest absolute Gasteiger partial charge is 0.193 e. The highest BCUT2D eigenvalue weighted by Crippen LogP contribution is 2.15. The molecule has 0 aliphatic carbocycles. The number of aryl methyl sites for hydroxylation is 1. The predicted octanol–water partition coefficient (Wildman–Crippen LogP) is 4.33. The summed E-state index contributed by atoms with van der Waals surface area (Å²) < 4.78 is 11.0. The first kappa shape index (κ1) is 26.5. The molecule has 7 heteroatoms. The number of likely N-dealkylation sites (tertiary alicyclic amines) is 1. The fourth-order valence-corrected chi connectivity index (χ4v) is 4.00. The molecular formula is C22H38IN3O2S. The predicted molar refractivity (Wildman–Crippen MR) is 136 cm³/mol. The average Bonchev–Trinajstić information content (AvgIpc) is 2.72. The molecule has 1 aliphatic rings. The first-order valence-corrected chi connectivity index (χ1v) is 11.7. The Kier molecular flexibility index (Phi) is 14.8. The number of nitrogens with one attached hydrogen (secondary N) is 1. The van der Waals surface area contributed by atoms with Crippen molar-refractivity contribution in [3.8, 4) is 0 Å². The van der Waals surface area contributed by atoms with E-state index in [9.17, 15) is 0 Å². The van der Waals surface area contributed by atoms with Gasteiger partial charge in [-0.15, -0.1) is 24.0 Å². The van der Waals surface area contributed by atoms with Crippen molar-refractivity contribution in [2.45, 2.75) is 45.0 Å². The van der Waals surface area contributed by atoms with Crippen LogP contribution < -0.4 is 5.32 Å². The van der Waals surface area contributed by atoms with E-state index >= 15 is 0 Å². The number of nitrogens with zero attached hydrogens (tertiary/aromatic N) is 2. The highest BCUT2D eigenvalue weighted by molar-refractivity contribution is 14.0. The van der Waals surface area contributed by atoms with Gasteiger partial charge < -0.3 is 19.7 Å². The maximum atomic E-state index is 5.97. The Morgan fingerprint density at radius 2 is 1.93 bits per heavy atom. The van der Waals surface area contributed by atoms with Crippen molar-refractivity contribution in [2.24, 2.45) is 4.99 Å². The minimum Gasteiger partial charge on any atom is -0.385 e. The minimum absolute atomic E-state index is 0. The van der Waals surface area contributed by atoms with Crippen LogP contribution in [0.5, 0.6) is 0 Å². The van der Waals surface area contributed by atoms with E-state index in [4.69, 9.17) is 14.5 Å². The third-order valence-electron chi connectivity index (χ3n) is 4.81. The number of hydrogen-bond acceptors (Lipinski definition) is 4. The van der Waals surface area contributed by atoms with E-state index in [1.165, 1.54) is 11.1 Å². The average molecular weight is 536 g/mol. The molecule has 166 valence electrons. The van der Waals surface area contributed by atoms with E-state index in [1.807, 2.05) is 11.8 Å². The summed E-state index contributed by atoms with van der Waals surface area (Å²) in [5.74, 6) is 3.15. The Balaban J connectivity index is 0.00000420. The van der Waals surface area contributed by atoms with Gasteiger partial charge in [0.2, 0.25) is 0 Å². The standard InChI is InChI=1S/C22H37N3O2S.HI/c1-4-23-22(24-12-17-28-18-20-8-6-19(2)7-9-20)25-13-10-21(11-14-25)27-16-5-15-26-3;/h6-9,21H,4-5,10-18H2,1-3H3,(H,23,24);1H. The van der Waals surface area contributed by atoms with Gasteiger partial charge in [0.1, 0.15) is 0 Å². The second-order valence-corrected chi connectivity index (χ2v) is 8.28. The van der Waals surface area contributed by atoms with Crippen molar-refractivity contribution < 1.29 is 9.47 Å². The quantitative estimate of drug-likeness (QED) is 0.198. The van der Waals surface area contributed by atoms with Crippen LogP contribution in [0.15, 0.2) is 29.3 Å². The lowest BCUT2D eigenvalue weighted by atomic mass is 10.1. The molecule has 29 heavy (non-hydrogen) atoms. The van der Waals surface area contributed by atoms with Gasteiger partial charge in [-0.25, -0.2) is 0 Å². The second kappa shape index (κ2) is 16.2. The molecule has 0 atom stereocenters. The molecule has 1 aromatic carbocycles. The number of benzene rings is 1. The van der Waals surface area contributed by atoms with E-state index < -0.39 is 0 Å². The van der Waals surface area contributed by atoms with Gasteiger partial charge in [0.15, 0.2) is 5.96 Å². The summed E-state index contributed by atoms with van der Waals surface area (Å²) in [5, 5.41) is 3.45. The van der Waals surface area contributed by atoms with Gasteiger partial charge in [0.25, 0.3) is 0 Å². The molecule has 0 saturated carbocycles. The molecule has 0 aromatic heterocycles. The van der Waals surface area contributed by atoms with Crippen LogP contribution in [0.2, 0.25) is 0 Å². The summed E-state index contributed by atoms with van der Waals surface area (Å²) in [4.78, 5) is 7.23. The van der Waals surface area contributed by atoms with Crippen LogP contribution in [0.1, 0.15) is 37.3 Å². The van der Waals surface area contributed by atoms with Gasteiger partial charge in [-0.3, -0.25) is 4.99 Å². The first-order valence-electron chi connectivity index (χ1n) is 10.5. The lowest BCUT2D eigenvalue weighted by Crippen LogP contribution is -2.47. The van der Waals surface area contributed by atoms with E-state index in [2.05, 4.69) is 48.3 Å². The van der Waals surface area contributed by atoms with Gasteiger partial charge in [-0.05, 0) is 38.7 Å². The summed E-state index contributed by atoms with van der Waals surface area (Å²) in [6.07, 6.45) is 3.49. The molecule has 1 aliphatic heterocycles. The highest BCUT2D eigenvalue weighted by Gasteiger charge is 2.21. The van der Waals surface area contributed by atoms with Crippen LogP contribution in [-0.2, 0) is 15.2 Å². The van der Waals surface area contributed by atoms with Crippen molar-refractivity contribution in [3.05, 3.63) is 35.4 Å². The zero-order valence-electron chi connectivity index (χ0n) is 18.2. The number of ether oxygens (including phenoxy) is 2. The summed E-state index contributed by atoms with van der Waals surface area (Å²) in [5.41, 5.74) is 2.71. The van der Waals surface area contributed by atoms with Crippen LogP contribution in [0.3, 0.4) is 0 Å². The Labute approximate surface area is 198 Å². The molecule has 0 amide bonds. The zero-order valence-corrected chi connectivity index (χ0v) is 21.3. The number of guanidine groups is 1. The maximum Gasteiger partial charge on any atom is 0.193 e. The van der Waals surface area contributed by atoms with Crippen LogP contribution >= 0.6 is 35.7 Å². The summed E-state index contributed by atoms with van der Waals surface area (Å²) >= 11 is 1.95. The Bertz CT molecular complexity index is 564. The summed E-state index contributed by atoms with van der Waals surface area (Å²) in [6.45, 7) is 9.62. The van der Waals surface area contributed by atoms with Gasteiger partial charge in [0.05, 0.1) is 12.6 Å². The Morgan fingerprint density at radius 1 is 1.21 bits per heavy atom. The van der Waals surface area contributed by atoms with Gasteiger partial charge in [-0.1, -0.05) is 29.8 Å². The van der Waals surface area contributed by atoms with E-state index in [0.717, 1.165) is 76.1 Å². The number of methoxy groups -OCH3 is 1. The first-order chi connectivity index (χ1) is 13.7. The summed E-state index contributed by atoms with van der Waals surface area (Å²) in [6, 6.07) is 8.80. The molecule has 1 fully saturated rings. The normalized spacial score (nSPS) is 15.3. The lowest BCUT2D eigenvalue weighted by Gasteiger charge is -2.34. The van der Waals surface area contributed by atoms with Crippen molar-refractivity contribution in [1.82, 2.24) is 10.2 Å². The molecule has 1 heterocycles. The molecular weight excluding hydrogens is 497 g/mol. The number of thioether (sulfide) groups is 1. The third kappa shape index (κ3) is 10.9. The van der Waals surface area contributed by atoms with Crippen LogP contribution in [-0.4, -0.2) is 69.2 Å². The molecule has 0 radical (unpaired) electrons. The van der Waals surface area contributed by atoms with Crippen molar-refractivity contribution in [2.75, 3.05) is 52.3 Å². The van der Waals surface area contributed by atoms with E-state index in [0.29, 0.717) is 6.10 Å². The second-order valence-electron chi connectivity index (χ2n) is 7.18. The van der Waals surface area contributed by atoms with Crippen LogP contribution in [0.25, 0.3) is 0 Å². The number of hydrogen-bond donors (Lipinski definition) is 1. The van der Waals surface area contributed by atoms with E-state index in [-0.39, 0.29) is 24.0 Å². The Hall–Kier alpha value is -0.510. The van der Waals surface area contributed by atoms with Crippen molar-refractivity contribution in [3.63, 3.8) is 0 Å². The van der Waals surface area contributed by atoms with Gasteiger partial charge in [0, 0.05) is 51.5 Å². The molecule has 2 rings (SSSR count). The number of aliphatic imine (C=N–C) groups is 1. The minimum atomic E-state index is 0. The fourth-order valence-electron chi connectivity index (χ4n) is 3.20. The van der Waals surface area contributed by atoms with E-state index in [1.54, 1.807) is 7.11 Å². The van der Waals surface area contributed by atoms with Gasteiger partial charge in [-0.2, -0.15) is 11.8 Å². The molecule has 0 bridgehead atoms. The Morgan fingerprint density at radius 3 is 2.59 bits per heavy atom. The topological polar surface area (TPSA) is 46.1 Å². The van der Waals surface area contributed by atoms with Crippen LogP contribution in [0, 0.1) is 6.92 Å². The zero-order chi connectivity index (χ0) is 20.0. The molecule has 1 saturated heterocycles. The molecule has 0 unspecified atom stereocenters. The SMILES string of the molecule is CCNC(=NCCSCc1ccc(C)cc1)N1CCC(OCCCOC)CC1.I. The largest absolute Gasteiger partial charge is 0.385 e. The molecule has 1 N–H and O–H groups in total. The third-order valence-corrected chi connectivity index (χ3v) is 5.82. The monoisotopic (exact) mass is 535 g/mol. The van der Waals surface area contributed by atoms with Gasteiger partial charge >= 0.3 is 0 Å². The molecule has 0 spiro atoms.